The van der Waals surface area contributed by atoms with Gasteiger partial charge in [-0.1, -0.05) is 158 Å². The molecule has 0 bridgehead atoms. The van der Waals surface area contributed by atoms with Crippen molar-refractivity contribution in [2.75, 3.05) is 13.2 Å². The van der Waals surface area contributed by atoms with E-state index in [4.69, 9.17) is 9.47 Å². The first-order valence-corrected chi connectivity index (χ1v) is 18.5. The fraction of sp³-hybridized carbons (Fsp3) is 0.659. The molecule has 0 fully saturated rings. The minimum atomic E-state index is -1.06. The number of rotatable bonds is 31. The van der Waals surface area contributed by atoms with Gasteiger partial charge in [-0.2, -0.15) is 0 Å². The normalized spacial score (nSPS) is 13.8. The summed E-state index contributed by atoms with van der Waals surface area (Å²) in [5.74, 6) is -0.0302. The molecule has 0 amide bonds. The number of allylic oxidation sites excluding steroid dienone is 11. The lowest BCUT2D eigenvalue weighted by atomic mass is 10.0. The van der Waals surface area contributed by atoms with Gasteiger partial charge in [0.2, 0.25) is 0 Å². The average Bonchev–Trinajstić information content (AvgIpc) is 3.05. The van der Waals surface area contributed by atoms with Crippen molar-refractivity contribution in [3.05, 3.63) is 72.9 Å². The molecule has 268 valence electrons. The average molecular weight is 657 g/mol. The fourth-order valence-electron chi connectivity index (χ4n) is 4.67. The highest BCUT2D eigenvalue weighted by molar-refractivity contribution is 5.69. The molecule has 0 saturated heterocycles. The third kappa shape index (κ3) is 36.0. The van der Waals surface area contributed by atoms with Crippen LogP contribution >= 0.6 is 0 Å². The topological polar surface area (TPSA) is 93.1 Å². The molecule has 0 saturated carbocycles. The van der Waals surface area contributed by atoms with Crippen molar-refractivity contribution in [2.45, 2.75) is 155 Å². The molecule has 6 heteroatoms. The Balaban J connectivity index is 3.73. The Kier molecular flexibility index (Phi) is 32.6. The number of carbonyl (C=O) groups excluding carboxylic acids is 2. The predicted molar refractivity (Wildman–Crippen MR) is 197 cm³/mol. The van der Waals surface area contributed by atoms with Crippen LogP contribution in [-0.2, 0) is 19.1 Å². The number of carbonyl (C=O) groups is 2. The van der Waals surface area contributed by atoms with Gasteiger partial charge in [0.15, 0.2) is 0 Å². The van der Waals surface area contributed by atoms with Gasteiger partial charge in [-0.15, -0.1) is 0 Å². The second kappa shape index (κ2) is 34.6. The maximum Gasteiger partial charge on any atom is 0.305 e. The molecule has 2 N–H and O–H groups in total. The van der Waals surface area contributed by atoms with E-state index in [1.165, 1.54) is 51.4 Å². The summed E-state index contributed by atoms with van der Waals surface area (Å²) in [7, 11) is 0. The Morgan fingerprint density at radius 2 is 1.00 bits per heavy atom. The van der Waals surface area contributed by atoms with Gasteiger partial charge in [0.25, 0.3) is 0 Å². The number of hydrogen-bond acceptors (Lipinski definition) is 6. The predicted octanol–water partition coefficient (Wildman–Crippen LogP) is 10.2. The number of hydrogen-bond donors (Lipinski definition) is 2. The maximum atomic E-state index is 12.0. The van der Waals surface area contributed by atoms with E-state index >= 15 is 0 Å². The molecule has 0 aliphatic heterocycles. The monoisotopic (exact) mass is 657 g/mol. The summed E-state index contributed by atoms with van der Waals surface area (Å²) >= 11 is 0. The first kappa shape index (κ1) is 44.3. The summed E-state index contributed by atoms with van der Waals surface area (Å²) in [6.45, 7) is 6.27. The van der Waals surface area contributed by atoms with Crippen LogP contribution in [-0.4, -0.2) is 47.6 Å². The van der Waals surface area contributed by atoms with Crippen LogP contribution in [0.5, 0.6) is 0 Å². The summed E-state index contributed by atoms with van der Waals surface area (Å²) in [4.78, 5) is 23.9. The molecule has 0 radical (unpaired) electrons. The zero-order chi connectivity index (χ0) is 34.6. The molecule has 2 atom stereocenters. The van der Waals surface area contributed by atoms with Gasteiger partial charge in [0, 0.05) is 12.8 Å². The van der Waals surface area contributed by atoms with Crippen molar-refractivity contribution in [1.29, 1.82) is 0 Å². The van der Waals surface area contributed by atoms with Crippen LogP contribution < -0.4 is 0 Å². The third-order valence-corrected chi connectivity index (χ3v) is 7.50. The summed E-state index contributed by atoms with van der Waals surface area (Å²) in [6.07, 6.45) is 41.5. The van der Waals surface area contributed by atoms with Crippen molar-refractivity contribution in [3.63, 3.8) is 0 Å². The molecule has 0 spiro atoms. The van der Waals surface area contributed by atoms with Crippen molar-refractivity contribution in [2.24, 2.45) is 5.92 Å². The van der Waals surface area contributed by atoms with Gasteiger partial charge >= 0.3 is 11.9 Å². The summed E-state index contributed by atoms with van der Waals surface area (Å²) in [5.41, 5.74) is 0. The van der Waals surface area contributed by atoms with Crippen LogP contribution in [0.1, 0.15) is 143 Å². The van der Waals surface area contributed by atoms with Crippen LogP contribution in [0.2, 0.25) is 0 Å². The van der Waals surface area contributed by atoms with E-state index < -0.39 is 18.2 Å². The van der Waals surface area contributed by atoms with Gasteiger partial charge in [-0.3, -0.25) is 9.59 Å². The largest absolute Gasteiger partial charge is 0.463 e. The van der Waals surface area contributed by atoms with E-state index in [2.05, 4.69) is 69.4 Å². The molecule has 0 aromatic carbocycles. The first-order valence-electron chi connectivity index (χ1n) is 18.5. The van der Waals surface area contributed by atoms with E-state index in [1.807, 2.05) is 12.2 Å². The van der Waals surface area contributed by atoms with Crippen LogP contribution in [0.4, 0.5) is 0 Å². The molecular formula is C41H68O6. The van der Waals surface area contributed by atoms with E-state index in [0.717, 1.165) is 57.3 Å². The standard InChI is InChI=1S/C41H68O6/c1-4-5-6-7-8-9-10-11-12-13-14-15-19-22-25-28-31-38(42)33-34-41(45)47-36-39(43)35-46-40(44)32-29-26-23-20-17-16-18-21-24-27-30-37(2)3/h5-6,8-9,11-12,14-15,22,25,28,31,37-39,42-43H,4,7,10,13,16-21,23-24,26-27,29-30,32-36H2,1-3H3/b6-5-,9-8-,12-11-,15-14-,25-22-,31-28-/t38?,39-/m1/s1. The number of esters is 2. The fourth-order valence-corrected chi connectivity index (χ4v) is 4.67. The molecule has 0 heterocycles. The van der Waals surface area contributed by atoms with Crippen LogP contribution in [0.3, 0.4) is 0 Å². The highest BCUT2D eigenvalue weighted by Gasteiger charge is 2.13. The zero-order valence-corrected chi connectivity index (χ0v) is 30.0. The molecule has 0 rings (SSSR count). The van der Waals surface area contributed by atoms with E-state index in [1.54, 1.807) is 12.2 Å². The van der Waals surface area contributed by atoms with Crippen molar-refractivity contribution >= 4 is 11.9 Å². The maximum absolute atomic E-state index is 12.0. The van der Waals surface area contributed by atoms with Crippen LogP contribution in [0, 0.1) is 5.92 Å². The highest BCUT2D eigenvalue weighted by atomic mass is 16.6. The van der Waals surface area contributed by atoms with Crippen molar-refractivity contribution < 1.29 is 29.3 Å². The number of aliphatic hydroxyl groups excluding tert-OH is 2. The van der Waals surface area contributed by atoms with E-state index in [9.17, 15) is 19.8 Å². The smallest absolute Gasteiger partial charge is 0.305 e. The van der Waals surface area contributed by atoms with Gasteiger partial charge in [-0.05, 0) is 50.9 Å². The molecule has 0 aromatic heterocycles. The Bertz CT molecular complexity index is 911. The molecule has 47 heavy (non-hydrogen) atoms. The van der Waals surface area contributed by atoms with Crippen LogP contribution in [0.15, 0.2) is 72.9 Å². The Morgan fingerprint density at radius 3 is 1.51 bits per heavy atom. The summed E-state index contributed by atoms with van der Waals surface area (Å²) < 4.78 is 10.2. The zero-order valence-electron chi connectivity index (χ0n) is 30.0. The number of unbranched alkanes of at least 4 members (excludes halogenated alkanes) is 9. The lowest BCUT2D eigenvalue weighted by molar-refractivity contribution is -0.152. The lowest BCUT2D eigenvalue weighted by Crippen LogP contribution is -2.25. The SMILES string of the molecule is CC/C=C\C/C=C\C/C=C\C/C=C\C/C=C\C=C/C(O)CCC(=O)OC[C@H](O)COC(=O)CCCCCCCCCCCCC(C)C. The first-order chi connectivity index (χ1) is 22.8. The quantitative estimate of drug-likeness (QED) is 0.0334. The van der Waals surface area contributed by atoms with E-state index in [-0.39, 0.29) is 32.0 Å². The number of ether oxygens (including phenoxy) is 2. The molecule has 0 aromatic rings. The summed E-state index contributed by atoms with van der Waals surface area (Å²) in [5, 5.41) is 20.0. The van der Waals surface area contributed by atoms with E-state index in [0.29, 0.717) is 6.42 Å². The van der Waals surface area contributed by atoms with Gasteiger partial charge in [-0.25, -0.2) is 0 Å². The molecule has 0 aliphatic carbocycles. The van der Waals surface area contributed by atoms with Crippen LogP contribution in [0.25, 0.3) is 0 Å². The second-order valence-electron chi connectivity index (χ2n) is 12.6. The Morgan fingerprint density at radius 1 is 0.553 bits per heavy atom. The Labute approximate surface area is 287 Å². The van der Waals surface area contributed by atoms with Crippen molar-refractivity contribution in [1.82, 2.24) is 0 Å². The van der Waals surface area contributed by atoms with Gasteiger partial charge < -0.3 is 19.7 Å². The highest BCUT2D eigenvalue weighted by Crippen LogP contribution is 2.14. The molecular weight excluding hydrogens is 588 g/mol. The van der Waals surface area contributed by atoms with Gasteiger partial charge in [0.05, 0.1) is 6.10 Å². The third-order valence-electron chi connectivity index (χ3n) is 7.50. The Hall–Kier alpha value is -2.70. The van der Waals surface area contributed by atoms with Crippen molar-refractivity contribution in [3.8, 4) is 0 Å². The number of aliphatic hydroxyl groups is 2. The lowest BCUT2D eigenvalue weighted by Gasteiger charge is -2.12. The van der Waals surface area contributed by atoms with Gasteiger partial charge in [0.1, 0.15) is 19.3 Å². The minimum absolute atomic E-state index is 0.0297. The molecule has 0 aliphatic rings. The summed E-state index contributed by atoms with van der Waals surface area (Å²) in [6, 6.07) is 0. The molecule has 1 unspecified atom stereocenters. The second-order valence-corrected chi connectivity index (χ2v) is 12.6. The molecule has 6 nitrogen and oxygen atoms in total. The minimum Gasteiger partial charge on any atom is -0.463 e.